The van der Waals surface area contributed by atoms with Gasteiger partial charge in [-0.2, -0.15) is 4.31 Å². The van der Waals surface area contributed by atoms with Gasteiger partial charge in [0, 0.05) is 13.1 Å². The van der Waals surface area contributed by atoms with E-state index in [-0.39, 0.29) is 4.90 Å². The number of morpholine rings is 1. The first-order valence-electron chi connectivity index (χ1n) is 6.05. The monoisotopic (exact) mass is 300 g/mol. The Bertz CT molecular complexity index is 582. The maximum absolute atomic E-state index is 12.5. The van der Waals surface area contributed by atoms with Gasteiger partial charge in [0.15, 0.2) is 0 Å². The minimum atomic E-state index is -3.59. The molecule has 7 nitrogen and oxygen atoms in total. The summed E-state index contributed by atoms with van der Waals surface area (Å²) >= 11 is 0. The van der Waals surface area contributed by atoms with Gasteiger partial charge in [-0.1, -0.05) is 0 Å². The molecule has 1 heterocycles. The second kappa shape index (κ2) is 6.21. The lowest BCUT2D eigenvalue weighted by molar-refractivity contribution is -0.105. The van der Waals surface area contributed by atoms with Crippen LogP contribution in [0.5, 0.6) is 5.75 Å². The average Bonchev–Trinajstić information content (AvgIpc) is 2.48. The Hall–Kier alpha value is -1.64. The molecule has 0 unspecified atom stereocenters. The van der Waals surface area contributed by atoms with E-state index in [0.717, 1.165) is 0 Å². The number of amides is 1. The van der Waals surface area contributed by atoms with Crippen molar-refractivity contribution in [2.45, 2.75) is 4.90 Å². The van der Waals surface area contributed by atoms with Gasteiger partial charge in [-0.25, -0.2) is 8.42 Å². The predicted molar refractivity (Wildman–Crippen MR) is 72.3 cm³/mol. The molecule has 1 aliphatic heterocycles. The first kappa shape index (κ1) is 14.8. The van der Waals surface area contributed by atoms with Crippen molar-refractivity contribution in [1.29, 1.82) is 0 Å². The van der Waals surface area contributed by atoms with E-state index in [0.29, 0.717) is 44.2 Å². The molecule has 0 aliphatic carbocycles. The zero-order valence-corrected chi connectivity index (χ0v) is 11.9. The lowest BCUT2D eigenvalue weighted by atomic mass is 10.3. The Morgan fingerprint density at radius 2 is 2.05 bits per heavy atom. The molecule has 2 rings (SSSR count). The van der Waals surface area contributed by atoms with Gasteiger partial charge in [0.25, 0.3) is 0 Å². The topological polar surface area (TPSA) is 84.9 Å². The minimum Gasteiger partial charge on any atom is -0.495 e. The van der Waals surface area contributed by atoms with Crippen molar-refractivity contribution in [2.24, 2.45) is 0 Å². The average molecular weight is 300 g/mol. The molecule has 1 aliphatic rings. The minimum absolute atomic E-state index is 0.115. The third-order valence-electron chi connectivity index (χ3n) is 2.99. The Morgan fingerprint density at radius 1 is 1.35 bits per heavy atom. The number of carbonyl (C=O) groups excluding carboxylic acids is 1. The van der Waals surface area contributed by atoms with Crippen molar-refractivity contribution in [2.75, 3.05) is 38.7 Å². The van der Waals surface area contributed by atoms with Crippen LogP contribution in [0, 0.1) is 0 Å². The van der Waals surface area contributed by atoms with Gasteiger partial charge < -0.3 is 14.8 Å². The van der Waals surface area contributed by atoms with Crippen LogP contribution in [0.2, 0.25) is 0 Å². The number of anilines is 1. The molecule has 0 spiro atoms. The van der Waals surface area contributed by atoms with Crippen LogP contribution in [0.4, 0.5) is 5.69 Å². The molecule has 1 aromatic carbocycles. The summed E-state index contributed by atoms with van der Waals surface area (Å²) in [5.41, 5.74) is 0.317. The number of ether oxygens (including phenoxy) is 2. The highest BCUT2D eigenvalue weighted by molar-refractivity contribution is 7.89. The first-order valence-corrected chi connectivity index (χ1v) is 7.49. The molecule has 0 saturated carbocycles. The third-order valence-corrected chi connectivity index (χ3v) is 4.89. The van der Waals surface area contributed by atoms with Crippen LogP contribution in [0.15, 0.2) is 23.1 Å². The highest BCUT2D eigenvalue weighted by atomic mass is 32.2. The molecule has 0 atom stereocenters. The van der Waals surface area contributed by atoms with Gasteiger partial charge in [-0.15, -0.1) is 0 Å². The van der Waals surface area contributed by atoms with E-state index in [4.69, 9.17) is 9.47 Å². The normalized spacial score (nSPS) is 16.6. The van der Waals surface area contributed by atoms with Gasteiger partial charge >= 0.3 is 0 Å². The van der Waals surface area contributed by atoms with E-state index in [9.17, 15) is 13.2 Å². The van der Waals surface area contributed by atoms with Crippen molar-refractivity contribution in [1.82, 2.24) is 4.31 Å². The third kappa shape index (κ3) is 2.92. The van der Waals surface area contributed by atoms with Gasteiger partial charge in [0.2, 0.25) is 16.4 Å². The molecule has 8 heteroatoms. The summed E-state index contributed by atoms with van der Waals surface area (Å²) in [4.78, 5) is 10.7. The fourth-order valence-electron chi connectivity index (χ4n) is 1.96. The molecule has 1 aromatic rings. The van der Waals surface area contributed by atoms with Crippen LogP contribution >= 0.6 is 0 Å². The van der Waals surface area contributed by atoms with Crippen LogP contribution in [0.25, 0.3) is 0 Å². The standard InChI is InChI=1S/C12H16N2O5S/c1-18-12-3-2-10(8-11(12)13-9-15)20(16,17)14-4-6-19-7-5-14/h2-3,8-9H,4-7H2,1H3,(H,13,15). The molecular formula is C12H16N2O5S. The number of nitrogens with zero attached hydrogens (tertiary/aromatic N) is 1. The summed E-state index contributed by atoms with van der Waals surface area (Å²) in [6.07, 6.45) is 0.475. The first-order chi connectivity index (χ1) is 9.59. The number of rotatable bonds is 5. The van der Waals surface area contributed by atoms with Crippen molar-refractivity contribution < 1.29 is 22.7 Å². The fraction of sp³-hybridized carbons (Fsp3) is 0.417. The number of carbonyl (C=O) groups is 1. The van der Waals surface area contributed by atoms with E-state index in [1.54, 1.807) is 0 Å². The molecule has 1 N–H and O–H groups in total. The molecule has 0 bridgehead atoms. The summed E-state index contributed by atoms with van der Waals surface area (Å²) in [6, 6.07) is 4.36. The largest absolute Gasteiger partial charge is 0.495 e. The van der Waals surface area contributed by atoms with Crippen molar-refractivity contribution in [3.63, 3.8) is 0 Å². The van der Waals surface area contributed by atoms with Crippen molar-refractivity contribution in [3.8, 4) is 5.75 Å². The van der Waals surface area contributed by atoms with E-state index in [1.807, 2.05) is 0 Å². The summed E-state index contributed by atoms with van der Waals surface area (Å²) in [7, 11) is -2.14. The molecule has 1 amide bonds. The van der Waals surface area contributed by atoms with E-state index in [1.165, 1.54) is 29.6 Å². The molecule has 1 fully saturated rings. The summed E-state index contributed by atoms with van der Waals surface area (Å²) in [5, 5.41) is 2.43. The second-order valence-corrected chi connectivity index (χ2v) is 6.08. The Morgan fingerprint density at radius 3 is 2.65 bits per heavy atom. The van der Waals surface area contributed by atoms with Crippen molar-refractivity contribution in [3.05, 3.63) is 18.2 Å². The molecule has 1 saturated heterocycles. The summed E-state index contributed by atoms with van der Waals surface area (Å²) in [5.74, 6) is 0.401. The van der Waals surface area contributed by atoms with Crippen LogP contribution < -0.4 is 10.1 Å². The maximum atomic E-state index is 12.5. The van der Waals surface area contributed by atoms with Gasteiger partial charge in [-0.3, -0.25) is 4.79 Å². The summed E-state index contributed by atoms with van der Waals surface area (Å²) in [6.45, 7) is 1.42. The lowest BCUT2D eigenvalue weighted by Crippen LogP contribution is -2.40. The van der Waals surface area contributed by atoms with Gasteiger partial charge in [0.05, 0.1) is 30.9 Å². The lowest BCUT2D eigenvalue weighted by Gasteiger charge is -2.26. The molecule has 110 valence electrons. The van der Waals surface area contributed by atoms with Crippen LogP contribution in [0.1, 0.15) is 0 Å². The molecule has 0 radical (unpaired) electrons. The maximum Gasteiger partial charge on any atom is 0.243 e. The quantitative estimate of drug-likeness (QED) is 0.790. The molecular weight excluding hydrogens is 284 g/mol. The number of nitrogens with one attached hydrogen (secondary N) is 1. The Labute approximate surface area is 117 Å². The SMILES string of the molecule is COc1ccc(S(=O)(=O)N2CCOCC2)cc1NC=O. The van der Waals surface area contributed by atoms with Gasteiger partial charge in [0.1, 0.15) is 5.75 Å². The zero-order valence-electron chi connectivity index (χ0n) is 11.0. The number of hydrogen-bond donors (Lipinski definition) is 1. The zero-order chi connectivity index (χ0) is 14.6. The molecule has 0 aromatic heterocycles. The number of benzene rings is 1. The molecule has 20 heavy (non-hydrogen) atoms. The predicted octanol–water partition coefficient (Wildman–Crippen LogP) is 0.284. The van der Waals surface area contributed by atoms with Crippen LogP contribution in [-0.2, 0) is 19.6 Å². The number of hydrogen-bond acceptors (Lipinski definition) is 5. The Balaban J connectivity index is 2.35. The Kier molecular flexibility index (Phi) is 4.58. The summed E-state index contributed by atoms with van der Waals surface area (Å²) < 4.78 is 36.5. The smallest absolute Gasteiger partial charge is 0.243 e. The van der Waals surface area contributed by atoms with E-state index >= 15 is 0 Å². The van der Waals surface area contributed by atoms with Gasteiger partial charge in [-0.05, 0) is 18.2 Å². The van der Waals surface area contributed by atoms with Crippen LogP contribution in [0.3, 0.4) is 0 Å². The highest BCUT2D eigenvalue weighted by Crippen LogP contribution is 2.28. The number of methoxy groups -OCH3 is 1. The van der Waals surface area contributed by atoms with Crippen molar-refractivity contribution >= 4 is 22.1 Å². The highest BCUT2D eigenvalue weighted by Gasteiger charge is 2.27. The number of sulfonamides is 1. The van der Waals surface area contributed by atoms with E-state index in [2.05, 4.69) is 5.32 Å². The fourth-order valence-corrected chi connectivity index (χ4v) is 3.39. The van der Waals surface area contributed by atoms with Crippen LogP contribution in [-0.4, -0.2) is 52.5 Å². The van der Waals surface area contributed by atoms with E-state index < -0.39 is 10.0 Å². The second-order valence-electron chi connectivity index (χ2n) is 4.14.